The molecule has 3 heterocycles. The van der Waals surface area contributed by atoms with Crippen LogP contribution in [-0.4, -0.2) is 32.4 Å². The topological polar surface area (TPSA) is 106 Å². The number of carbonyl (C=O) groups excluding carboxylic acids is 1. The van der Waals surface area contributed by atoms with Crippen molar-refractivity contribution in [2.45, 2.75) is 39.7 Å². The van der Waals surface area contributed by atoms with E-state index in [0.29, 0.717) is 29.3 Å². The molecule has 36 heavy (non-hydrogen) atoms. The Bertz CT molecular complexity index is 1520. The van der Waals surface area contributed by atoms with Gasteiger partial charge in [0.1, 0.15) is 17.5 Å². The fourth-order valence-corrected chi connectivity index (χ4v) is 3.94. The zero-order chi connectivity index (χ0) is 26.2. The van der Waals surface area contributed by atoms with Gasteiger partial charge >= 0.3 is 6.03 Å². The van der Waals surface area contributed by atoms with Gasteiger partial charge in [0, 0.05) is 55.3 Å². The first-order valence-corrected chi connectivity index (χ1v) is 11.7. The van der Waals surface area contributed by atoms with E-state index < -0.39 is 11.8 Å². The van der Waals surface area contributed by atoms with Crippen molar-refractivity contribution in [3.8, 4) is 11.1 Å². The van der Waals surface area contributed by atoms with Crippen molar-refractivity contribution in [1.82, 2.24) is 19.3 Å². The van der Waals surface area contributed by atoms with E-state index in [9.17, 15) is 14.0 Å². The molecule has 0 aliphatic heterocycles. The Morgan fingerprint density at radius 2 is 1.86 bits per heavy atom. The Hall–Kier alpha value is -4.21. The number of aryl methyl sites for hydroxylation is 2. The molecule has 3 aromatic heterocycles. The van der Waals surface area contributed by atoms with Crippen LogP contribution in [0.3, 0.4) is 0 Å². The van der Waals surface area contributed by atoms with E-state index >= 15 is 0 Å². The lowest BCUT2D eigenvalue weighted by Crippen LogP contribution is -2.22. The molecule has 0 atom stereocenters. The lowest BCUT2D eigenvalue weighted by Gasteiger charge is -2.14. The number of rotatable bonds is 5. The molecule has 0 saturated heterocycles. The number of carbonyl (C=O) groups is 1. The number of amides is 2. The van der Waals surface area contributed by atoms with Gasteiger partial charge < -0.3 is 15.2 Å². The molecule has 0 fully saturated rings. The first kappa shape index (κ1) is 24.9. The molecule has 0 radical (unpaired) electrons. The van der Waals surface area contributed by atoms with Crippen LogP contribution in [-0.2, 0) is 19.0 Å². The van der Waals surface area contributed by atoms with Crippen LogP contribution in [0.2, 0.25) is 0 Å². The summed E-state index contributed by atoms with van der Waals surface area (Å²) in [5.74, 6) is 0.508. The van der Waals surface area contributed by atoms with Crippen LogP contribution in [0.4, 0.5) is 26.5 Å². The fourth-order valence-electron chi connectivity index (χ4n) is 3.94. The quantitative estimate of drug-likeness (QED) is 0.367. The monoisotopic (exact) mass is 491 g/mol. The molecular weight excluding hydrogens is 461 g/mol. The number of urea groups is 1. The minimum atomic E-state index is -0.622. The van der Waals surface area contributed by atoms with Gasteiger partial charge in [-0.3, -0.25) is 14.8 Å². The van der Waals surface area contributed by atoms with Gasteiger partial charge in [-0.2, -0.15) is 5.10 Å². The number of fused-ring (bicyclic) bond motifs is 1. The van der Waals surface area contributed by atoms with Crippen LogP contribution in [0.5, 0.6) is 0 Å². The van der Waals surface area contributed by atoms with Gasteiger partial charge in [-0.25, -0.2) is 14.2 Å². The van der Waals surface area contributed by atoms with Gasteiger partial charge in [-0.1, -0.05) is 26.8 Å². The summed E-state index contributed by atoms with van der Waals surface area (Å²) in [6.07, 6.45) is 1.69. The van der Waals surface area contributed by atoms with E-state index in [2.05, 4.69) is 26.0 Å². The predicted octanol–water partition coefficient (Wildman–Crippen LogP) is 4.94. The highest BCUT2D eigenvalue weighted by atomic mass is 19.1. The Kier molecular flexibility index (Phi) is 6.53. The van der Waals surface area contributed by atoms with E-state index in [1.165, 1.54) is 18.2 Å². The van der Waals surface area contributed by atoms with Crippen molar-refractivity contribution in [2.75, 3.05) is 23.0 Å². The SMILES string of the molecule is CCn1c(=O)c(-c2ccc(F)c(NC(=O)Nc3cc(C(C)(C)C)nn3C)c2)cc2cnc(NC)cc21. The molecule has 10 heteroatoms. The minimum absolute atomic E-state index is 0.0468. The number of anilines is 3. The molecule has 188 valence electrons. The normalized spacial score (nSPS) is 11.5. The molecule has 4 rings (SSSR count). The summed E-state index contributed by atoms with van der Waals surface area (Å²) in [6, 6.07) is 8.91. The Morgan fingerprint density at radius 3 is 2.50 bits per heavy atom. The van der Waals surface area contributed by atoms with Crippen molar-refractivity contribution < 1.29 is 9.18 Å². The van der Waals surface area contributed by atoms with E-state index in [0.717, 1.165) is 16.6 Å². The maximum atomic E-state index is 14.6. The number of aromatic nitrogens is 4. The Balaban J connectivity index is 1.66. The van der Waals surface area contributed by atoms with Crippen LogP contribution in [0.25, 0.3) is 22.0 Å². The van der Waals surface area contributed by atoms with Crippen LogP contribution < -0.4 is 21.5 Å². The van der Waals surface area contributed by atoms with Crippen molar-refractivity contribution in [1.29, 1.82) is 0 Å². The highest BCUT2D eigenvalue weighted by Gasteiger charge is 2.20. The molecule has 2 amide bonds. The van der Waals surface area contributed by atoms with E-state index in [1.54, 1.807) is 41.7 Å². The molecule has 0 unspecified atom stereocenters. The van der Waals surface area contributed by atoms with Gasteiger partial charge in [-0.05, 0) is 30.7 Å². The standard InChI is InChI=1S/C26H30FN7O2/c1-7-34-20-12-22(28-5)29-14-16(20)10-17(24(34)35)15-8-9-18(27)19(11-15)30-25(36)31-23-13-21(26(2,3)4)32-33(23)6/h8-14H,7H2,1-6H3,(H,28,29)(H2,30,31,36). The van der Waals surface area contributed by atoms with Gasteiger partial charge in [0.05, 0.1) is 16.9 Å². The van der Waals surface area contributed by atoms with Crippen LogP contribution in [0.1, 0.15) is 33.4 Å². The first-order valence-electron chi connectivity index (χ1n) is 11.7. The molecule has 0 aliphatic carbocycles. The average Bonchev–Trinajstić information content (AvgIpc) is 3.20. The molecule has 9 nitrogen and oxygen atoms in total. The fraction of sp³-hybridized carbons (Fsp3) is 0.308. The summed E-state index contributed by atoms with van der Waals surface area (Å²) in [6.45, 7) is 8.40. The summed E-state index contributed by atoms with van der Waals surface area (Å²) in [7, 11) is 3.48. The molecule has 3 N–H and O–H groups in total. The predicted molar refractivity (Wildman–Crippen MR) is 141 cm³/mol. The smallest absolute Gasteiger partial charge is 0.324 e. The summed E-state index contributed by atoms with van der Waals surface area (Å²) in [4.78, 5) is 30.3. The Morgan fingerprint density at radius 1 is 1.11 bits per heavy atom. The van der Waals surface area contributed by atoms with E-state index in [-0.39, 0.29) is 16.7 Å². The summed E-state index contributed by atoms with van der Waals surface area (Å²) < 4.78 is 17.8. The maximum Gasteiger partial charge on any atom is 0.324 e. The largest absolute Gasteiger partial charge is 0.373 e. The third kappa shape index (κ3) is 4.79. The van der Waals surface area contributed by atoms with Gasteiger partial charge in [0.25, 0.3) is 5.56 Å². The van der Waals surface area contributed by atoms with Crippen molar-refractivity contribution in [3.05, 3.63) is 64.5 Å². The van der Waals surface area contributed by atoms with Gasteiger partial charge in [-0.15, -0.1) is 0 Å². The highest BCUT2D eigenvalue weighted by molar-refractivity contribution is 6.00. The average molecular weight is 492 g/mol. The second-order valence-electron chi connectivity index (χ2n) is 9.55. The van der Waals surface area contributed by atoms with E-state index in [4.69, 9.17) is 0 Å². The number of pyridine rings is 2. The molecule has 0 aliphatic rings. The second-order valence-corrected chi connectivity index (χ2v) is 9.55. The molecule has 4 aromatic rings. The summed E-state index contributed by atoms with van der Waals surface area (Å²) in [5, 5.41) is 13.4. The van der Waals surface area contributed by atoms with E-state index in [1.807, 2.05) is 33.8 Å². The number of nitrogens with one attached hydrogen (secondary N) is 3. The lowest BCUT2D eigenvalue weighted by atomic mass is 9.92. The molecule has 0 saturated carbocycles. The lowest BCUT2D eigenvalue weighted by molar-refractivity contribution is 0.262. The highest BCUT2D eigenvalue weighted by Crippen LogP contribution is 2.27. The van der Waals surface area contributed by atoms with Gasteiger partial charge in [0.2, 0.25) is 0 Å². The van der Waals surface area contributed by atoms with Crippen LogP contribution in [0.15, 0.2) is 47.4 Å². The number of halogens is 1. The Labute approximate surface area is 208 Å². The molecular formula is C26H30FN7O2. The van der Waals surface area contributed by atoms with Crippen LogP contribution >= 0.6 is 0 Å². The number of hydrogen-bond acceptors (Lipinski definition) is 5. The summed E-state index contributed by atoms with van der Waals surface area (Å²) >= 11 is 0. The molecule has 0 spiro atoms. The molecule has 1 aromatic carbocycles. The number of hydrogen-bond donors (Lipinski definition) is 3. The van der Waals surface area contributed by atoms with Crippen molar-refractivity contribution in [3.63, 3.8) is 0 Å². The second kappa shape index (κ2) is 9.44. The van der Waals surface area contributed by atoms with Gasteiger partial charge in [0.15, 0.2) is 0 Å². The maximum absolute atomic E-state index is 14.6. The van der Waals surface area contributed by atoms with Crippen molar-refractivity contribution >= 4 is 34.3 Å². The number of nitrogens with zero attached hydrogens (tertiary/aromatic N) is 4. The third-order valence-corrected chi connectivity index (χ3v) is 5.97. The van der Waals surface area contributed by atoms with Crippen molar-refractivity contribution in [2.24, 2.45) is 7.05 Å². The summed E-state index contributed by atoms with van der Waals surface area (Å²) in [5.41, 5.74) is 1.97. The zero-order valence-electron chi connectivity index (χ0n) is 21.2. The molecule has 0 bridgehead atoms. The number of benzene rings is 1. The first-order chi connectivity index (χ1) is 17.0. The van der Waals surface area contributed by atoms with Crippen LogP contribution in [0, 0.1) is 5.82 Å². The zero-order valence-corrected chi connectivity index (χ0v) is 21.2. The minimum Gasteiger partial charge on any atom is -0.373 e. The third-order valence-electron chi connectivity index (χ3n) is 5.97.